The van der Waals surface area contributed by atoms with Gasteiger partial charge in [0.25, 0.3) is 0 Å². The molecule has 1 saturated heterocycles. The van der Waals surface area contributed by atoms with Gasteiger partial charge in [-0.3, -0.25) is 9.59 Å². The van der Waals surface area contributed by atoms with Gasteiger partial charge in [0.05, 0.1) is 6.10 Å². The highest BCUT2D eigenvalue weighted by Gasteiger charge is 2.37. The summed E-state index contributed by atoms with van der Waals surface area (Å²) in [6.45, 7) is 5.81. The Kier molecular flexibility index (Phi) is 5.19. The van der Waals surface area contributed by atoms with E-state index in [1.54, 1.807) is 0 Å². The Morgan fingerprint density at radius 1 is 1.27 bits per heavy atom. The quantitative estimate of drug-likeness (QED) is 0.866. The first kappa shape index (κ1) is 16.5. The maximum Gasteiger partial charge on any atom is 0.250 e. The number of primary amides is 1. The molecule has 5 heteroatoms. The molecule has 1 aliphatic rings. The van der Waals surface area contributed by atoms with Crippen LogP contribution in [0.25, 0.3) is 0 Å². The fourth-order valence-corrected chi connectivity index (χ4v) is 3.03. The van der Waals surface area contributed by atoms with Gasteiger partial charge in [-0.25, -0.2) is 0 Å². The van der Waals surface area contributed by atoms with Gasteiger partial charge in [0, 0.05) is 5.92 Å². The second-order valence-corrected chi connectivity index (χ2v) is 6.17. The zero-order chi connectivity index (χ0) is 16.3. The Morgan fingerprint density at radius 2 is 1.91 bits per heavy atom. The van der Waals surface area contributed by atoms with Gasteiger partial charge < -0.3 is 15.8 Å². The molecule has 1 aromatic carbocycles. The molecule has 1 aromatic rings. The molecule has 0 bridgehead atoms. The van der Waals surface area contributed by atoms with Gasteiger partial charge in [-0.05, 0) is 24.8 Å². The summed E-state index contributed by atoms with van der Waals surface area (Å²) >= 11 is 0. The molecule has 0 radical (unpaired) electrons. The predicted octanol–water partition coefficient (Wildman–Crippen LogP) is 1.57. The van der Waals surface area contributed by atoms with E-state index in [4.69, 9.17) is 10.5 Å². The number of nitrogens with two attached hydrogens (primary N) is 1. The lowest BCUT2D eigenvalue weighted by Gasteiger charge is -2.25. The van der Waals surface area contributed by atoms with Crippen LogP contribution in [-0.4, -0.2) is 30.1 Å². The minimum Gasteiger partial charge on any atom is -0.368 e. The molecule has 1 aliphatic heterocycles. The topological polar surface area (TPSA) is 81.4 Å². The molecule has 0 saturated carbocycles. The zero-order valence-corrected chi connectivity index (χ0v) is 13.3. The van der Waals surface area contributed by atoms with Crippen molar-refractivity contribution in [2.75, 3.05) is 0 Å². The minimum atomic E-state index is -0.749. The average molecular weight is 304 g/mol. The number of carbonyl (C=O) groups excluding carboxylic acids is 2. The van der Waals surface area contributed by atoms with Gasteiger partial charge in [0.15, 0.2) is 0 Å². The summed E-state index contributed by atoms with van der Waals surface area (Å²) in [5.41, 5.74) is 6.45. The van der Waals surface area contributed by atoms with E-state index < -0.39 is 18.1 Å². The van der Waals surface area contributed by atoms with E-state index in [0.717, 1.165) is 12.0 Å². The van der Waals surface area contributed by atoms with Crippen molar-refractivity contribution in [2.45, 2.75) is 51.4 Å². The van der Waals surface area contributed by atoms with Crippen LogP contribution in [0, 0.1) is 5.92 Å². The lowest BCUT2D eigenvalue weighted by Crippen LogP contribution is -2.51. The lowest BCUT2D eigenvalue weighted by atomic mass is 9.92. The van der Waals surface area contributed by atoms with Gasteiger partial charge in [-0.2, -0.15) is 0 Å². The number of hydrogen-bond donors (Lipinski definition) is 2. The Bertz CT molecular complexity index is 532. The van der Waals surface area contributed by atoms with Crippen molar-refractivity contribution in [3.8, 4) is 0 Å². The van der Waals surface area contributed by atoms with E-state index in [1.165, 1.54) is 0 Å². The minimum absolute atomic E-state index is 0.0596. The smallest absolute Gasteiger partial charge is 0.250 e. The van der Waals surface area contributed by atoms with E-state index in [0.29, 0.717) is 0 Å². The maximum atomic E-state index is 12.4. The van der Waals surface area contributed by atoms with Crippen molar-refractivity contribution in [3.63, 3.8) is 0 Å². The van der Waals surface area contributed by atoms with Crippen LogP contribution in [-0.2, 0) is 14.3 Å². The first-order valence-corrected chi connectivity index (χ1v) is 7.70. The number of carbonyl (C=O) groups is 2. The van der Waals surface area contributed by atoms with E-state index in [1.807, 2.05) is 51.1 Å². The zero-order valence-electron chi connectivity index (χ0n) is 13.3. The van der Waals surface area contributed by atoms with Crippen LogP contribution in [0.5, 0.6) is 0 Å². The molecule has 5 atom stereocenters. The molecule has 3 N–H and O–H groups in total. The molecule has 120 valence electrons. The molecule has 0 aromatic heterocycles. The van der Waals surface area contributed by atoms with Gasteiger partial charge in [0.2, 0.25) is 11.8 Å². The van der Waals surface area contributed by atoms with Crippen molar-refractivity contribution in [1.82, 2.24) is 5.32 Å². The van der Waals surface area contributed by atoms with Crippen LogP contribution in [0.3, 0.4) is 0 Å². The van der Waals surface area contributed by atoms with Gasteiger partial charge in [-0.1, -0.05) is 44.2 Å². The number of hydrogen-bond acceptors (Lipinski definition) is 3. The van der Waals surface area contributed by atoms with Crippen LogP contribution >= 0.6 is 0 Å². The predicted molar refractivity (Wildman–Crippen MR) is 84.1 cm³/mol. The number of nitrogens with one attached hydrogen (secondary N) is 1. The third-order valence-corrected chi connectivity index (χ3v) is 4.29. The molecular formula is C17H24N2O3. The third-order valence-electron chi connectivity index (χ3n) is 4.29. The Hall–Kier alpha value is -1.88. The van der Waals surface area contributed by atoms with Gasteiger partial charge in [0.1, 0.15) is 12.1 Å². The third kappa shape index (κ3) is 3.65. The Balaban J connectivity index is 2.09. The van der Waals surface area contributed by atoms with E-state index in [-0.39, 0.29) is 23.8 Å². The largest absolute Gasteiger partial charge is 0.368 e. The van der Waals surface area contributed by atoms with Crippen molar-refractivity contribution < 1.29 is 14.3 Å². The Labute approximate surface area is 131 Å². The highest BCUT2D eigenvalue weighted by atomic mass is 16.5. The summed E-state index contributed by atoms with van der Waals surface area (Å²) < 4.78 is 5.64. The molecular weight excluding hydrogens is 280 g/mol. The highest BCUT2D eigenvalue weighted by molar-refractivity contribution is 5.89. The summed E-state index contributed by atoms with van der Waals surface area (Å²) in [6, 6.07) is 8.79. The van der Waals surface area contributed by atoms with E-state index in [9.17, 15) is 9.59 Å². The summed E-state index contributed by atoms with van der Waals surface area (Å²) in [6.07, 6.45) is 0.386. The summed E-state index contributed by atoms with van der Waals surface area (Å²) in [7, 11) is 0. The second-order valence-electron chi connectivity index (χ2n) is 6.17. The number of amides is 2. The van der Waals surface area contributed by atoms with Crippen molar-refractivity contribution in [3.05, 3.63) is 35.9 Å². The normalized spacial score (nSPS) is 27.1. The monoisotopic (exact) mass is 304 g/mol. The number of benzene rings is 1. The molecule has 1 fully saturated rings. The SMILES string of the molecule is CC1CC(C)C(C(=O)NC(C(N)=O)C(C)c2ccccc2)O1. The second kappa shape index (κ2) is 6.92. The standard InChI is InChI=1S/C17H24N2O3/c1-10-9-11(2)22-15(10)17(21)19-14(16(18)20)12(3)13-7-5-4-6-8-13/h4-8,10-12,14-15H,9H2,1-3H3,(H2,18,20)(H,19,21). The van der Waals surface area contributed by atoms with Crippen molar-refractivity contribution in [1.29, 1.82) is 0 Å². The van der Waals surface area contributed by atoms with Gasteiger partial charge in [-0.15, -0.1) is 0 Å². The molecule has 0 spiro atoms. The molecule has 2 amide bonds. The molecule has 5 unspecified atom stereocenters. The first-order valence-electron chi connectivity index (χ1n) is 7.70. The fourth-order valence-electron chi connectivity index (χ4n) is 3.03. The number of ether oxygens (including phenoxy) is 1. The molecule has 22 heavy (non-hydrogen) atoms. The molecule has 2 rings (SSSR count). The fraction of sp³-hybridized carbons (Fsp3) is 0.529. The highest BCUT2D eigenvalue weighted by Crippen LogP contribution is 2.26. The van der Waals surface area contributed by atoms with Crippen LogP contribution in [0.4, 0.5) is 0 Å². The summed E-state index contributed by atoms with van der Waals surface area (Å²) in [5, 5.41) is 2.77. The van der Waals surface area contributed by atoms with E-state index >= 15 is 0 Å². The summed E-state index contributed by atoms with van der Waals surface area (Å²) in [4.78, 5) is 24.2. The summed E-state index contributed by atoms with van der Waals surface area (Å²) in [5.74, 6) is -0.862. The van der Waals surface area contributed by atoms with Crippen molar-refractivity contribution >= 4 is 11.8 Å². The molecule has 0 aliphatic carbocycles. The van der Waals surface area contributed by atoms with Crippen LogP contribution in [0.2, 0.25) is 0 Å². The first-order chi connectivity index (χ1) is 10.4. The van der Waals surface area contributed by atoms with Crippen LogP contribution in [0.15, 0.2) is 30.3 Å². The molecule has 5 nitrogen and oxygen atoms in total. The van der Waals surface area contributed by atoms with E-state index in [2.05, 4.69) is 5.32 Å². The van der Waals surface area contributed by atoms with Crippen molar-refractivity contribution in [2.24, 2.45) is 11.7 Å². The van der Waals surface area contributed by atoms with Gasteiger partial charge >= 0.3 is 0 Å². The lowest BCUT2D eigenvalue weighted by molar-refractivity contribution is -0.136. The number of rotatable bonds is 5. The average Bonchev–Trinajstić information content (AvgIpc) is 2.83. The molecule has 1 heterocycles. The van der Waals surface area contributed by atoms with Crippen LogP contribution in [0.1, 0.15) is 38.7 Å². The maximum absolute atomic E-state index is 12.4. The Morgan fingerprint density at radius 3 is 2.41 bits per heavy atom. The van der Waals surface area contributed by atoms with Crippen LogP contribution < -0.4 is 11.1 Å².